The van der Waals surface area contributed by atoms with Crippen molar-refractivity contribution in [3.63, 3.8) is 0 Å². The molecule has 5 heteroatoms. The summed E-state index contributed by atoms with van der Waals surface area (Å²) in [6, 6.07) is 9.03. The molecule has 0 saturated heterocycles. The number of amides is 1. The molecule has 1 N–H and O–H groups in total. The maximum Gasteiger partial charge on any atom is 0.253 e. The lowest BCUT2D eigenvalue weighted by Crippen LogP contribution is -2.26. The Labute approximate surface area is 128 Å². The van der Waals surface area contributed by atoms with E-state index in [2.05, 4.69) is 37.2 Å². The van der Waals surface area contributed by atoms with Crippen molar-refractivity contribution in [1.82, 2.24) is 5.32 Å². The first-order chi connectivity index (χ1) is 8.97. The SMILES string of the molecule is Cc1ccc(C(C)NC(=O)c2ccc(Br)cc2Br)o1. The minimum absolute atomic E-state index is 0.138. The second kappa shape index (κ2) is 5.92. The number of carbonyl (C=O) groups is 1. The van der Waals surface area contributed by atoms with Gasteiger partial charge in [-0.05, 0) is 60.1 Å². The van der Waals surface area contributed by atoms with Gasteiger partial charge in [0.15, 0.2) is 0 Å². The zero-order valence-corrected chi connectivity index (χ0v) is 13.7. The number of aryl methyl sites for hydroxylation is 1. The summed E-state index contributed by atoms with van der Waals surface area (Å²) < 4.78 is 7.17. The monoisotopic (exact) mass is 385 g/mol. The highest BCUT2D eigenvalue weighted by molar-refractivity contribution is 9.11. The lowest BCUT2D eigenvalue weighted by molar-refractivity contribution is 0.0934. The van der Waals surface area contributed by atoms with Gasteiger partial charge in [-0.25, -0.2) is 0 Å². The zero-order chi connectivity index (χ0) is 14.0. The molecule has 3 nitrogen and oxygen atoms in total. The van der Waals surface area contributed by atoms with Crippen molar-refractivity contribution in [3.8, 4) is 0 Å². The van der Waals surface area contributed by atoms with Crippen LogP contribution in [-0.2, 0) is 0 Å². The first-order valence-electron chi connectivity index (χ1n) is 5.79. The van der Waals surface area contributed by atoms with Gasteiger partial charge in [-0.1, -0.05) is 15.9 Å². The van der Waals surface area contributed by atoms with Crippen LogP contribution in [0.15, 0.2) is 43.7 Å². The standard InChI is InChI=1S/C14H13Br2NO2/c1-8-3-6-13(19-8)9(2)17-14(18)11-5-4-10(15)7-12(11)16/h3-7,9H,1-2H3,(H,17,18). The van der Waals surface area contributed by atoms with E-state index in [0.29, 0.717) is 5.56 Å². The normalized spacial score (nSPS) is 12.2. The van der Waals surface area contributed by atoms with Gasteiger partial charge in [0.2, 0.25) is 0 Å². The van der Waals surface area contributed by atoms with E-state index in [1.165, 1.54) is 0 Å². The van der Waals surface area contributed by atoms with Crippen molar-refractivity contribution in [3.05, 3.63) is 56.4 Å². The summed E-state index contributed by atoms with van der Waals surface area (Å²) in [5.41, 5.74) is 0.596. The van der Waals surface area contributed by atoms with Crippen LogP contribution in [0.1, 0.15) is 34.8 Å². The lowest BCUT2D eigenvalue weighted by atomic mass is 10.2. The number of hydrogen-bond donors (Lipinski definition) is 1. The van der Waals surface area contributed by atoms with E-state index in [4.69, 9.17) is 4.42 Å². The Hall–Kier alpha value is -1.07. The number of rotatable bonds is 3. The van der Waals surface area contributed by atoms with Gasteiger partial charge >= 0.3 is 0 Å². The van der Waals surface area contributed by atoms with Crippen molar-refractivity contribution in [2.24, 2.45) is 0 Å². The van der Waals surface area contributed by atoms with E-state index in [9.17, 15) is 4.79 Å². The third kappa shape index (κ3) is 3.48. The minimum Gasteiger partial charge on any atom is -0.464 e. The molecule has 100 valence electrons. The molecule has 1 atom stereocenters. The third-order valence-corrected chi connectivity index (χ3v) is 3.86. The molecule has 0 spiro atoms. The first kappa shape index (κ1) is 14.3. The fraction of sp³-hybridized carbons (Fsp3) is 0.214. The van der Waals surface area contributed by atoms with Gasteiger partial charge in [-0.3, -0.25) is 4.79 Å². The summed E-state index contributed by atoms with van der Waals surface area (Å²) in [4.78, 5) is 12.2. The molecule has 1 aromatic carbocycles. The molecule has 0 radical (unpaired) electrons. The smallest absolute Gasteiger partial charge is 0.253 e. The lowest BCUT2D eigenvalue weighted by Gasteiger charge is -2.12. The van der Waals surface area contributed by atoms with Crippen LogP contribution >= 0.6 is 31.9 Å². The van der Waals surface area contributed by atoms with Crippen molar-refractivity contribution < 1.29 is 9.21 Å². The van der Waals surface area contributed by atoms with Crippen LogP contribution in [0.25, 0.3) is 0 Å². The van der Waals surface area contributed by atoms with Gasteiger partial charge in [0.05, 0.1) is 11.6 Å². The molecule has 19 heavy (non-hydrogen) atoms. The van der Waals surface area contributed by atoms with E-state index >= 15 is 0 Å². The van der Waals surface area contributed by atoms with Crippen molar-refractivity contribution in [2.75, 3.05) is 0 Å². The topological polar surface area (TPSA) is 42.2 Å². The second-order valence-corrected chi connectivity index (χ2v) is 6.04. The summed E-state index contributed by atoms with van der Waals surface area (Å²) in [5.74, 6) is 1.45. The van der Waals surface area contributed by atoms with Crippen LogP contribution in [0.5, 0.6) is 0 Å². The van der Waals surface area contributed by atoms with Crippen molar-refractivity contribution in [2.45, 2.75) is 19.9 Å². The molecule has 1 aromatic heterocycles. The van der Waals surface area contributed by atoms with E-state index in [0.717, 1.165) is 20.5 Å². The summed E-state index contributed by atoms with van der Waals surface area (Å²) >= 11 is 6.74. The predicted octanol–water partition coefficient (Wildman–Crippen LogP) is 4.60. The molecule has 0 aliphatic rings. The summed E-state index contributed by atoms with van der Waals surface area (Å²) in [6.07, 6.45) is 0. The van der Waals surface area contributed by atoms with Gasteiger partial charge in [-0.15, -0.1) is 0 Å². The molecule has 2 rings (SSSR count). The molecule has 0 bridgehead atoms. The van der Waals surface area contributed by atoms with Gasteiger partial charge in [-0.2, -0.15) is 0 Å². The van der Waals surface area contributed by atoms with E-state index in [-0.39, 0.29) is 11.9 Å². The Bertz CT molecular complexity index is 607. The highest BCUT2D eigenvalue weighted by Crippen LogP contribution is 2.23. The number of carbonyl (C=O) groups excluding carboxylic acids is 1. The molecule has 0 aliphatic carbocycles. The quantitative estimate of drug-likeness (QED) is 0.837. The van der Waals surface area contributed by atoms with Crippen LogP contribution in [0, 0.1) is 6.92 Å². The van der Waals surface area contributed by atoms with Crippen LogP contribution < -0.4 is 5.32 Å². The number of halogens is 2. The molecular formula is C14H13Br2NO2. The number of benzene rings is 1. The van der Waals surface area contributed by atoms with Crippen molar-refractivity contribution >= 4 is 37.8 Å². The number of furan rings is 1. The predicted molar refractivity (Wildman–Crippen MR) is 81.2 cm³/mol. The van der Waals surface area contributed by atoms with Crippen LogP contribution in [0.4, 0.5) is 0 Å². The number of nitrogens with one attached hydrogen (secondary N) is 1. The van der Waals surface area contributed by atoms with Gasteiger partial charge in [0, 0.05) is 8.95 Å². The van der Waals surface area contributed by atoms with Gasteiger partial charge in [0.1, 0.15) is 11.5 Å². The molecule has 1 heterocycles. The second-order valence-electron chi connectivity index (χ2n) is 4.27. The average Bonchev–Trinajstić information content (AvgIpc) is 2.75. The zero-order valence-electron chi connectivity index (χ0n) is 10.5. The molecule has 1 amide bonds. The van der Waals surface area contributed by atoms with E-state index < -0.39 is 0 Å². The Morgan fingerprint density at radius 2 is 2.00 bits per heavy atom. The molecule has 0 fully saturated rings. The Balaban J connectivity index is 2.12. The molecule has 2 aromatic rings. The molecule has 1 unspecified atom stereocenters. The number of hydrogen-bond acceptors (Lipinski definition) is 2. The van der Waals surface area contributed by atoms with E-state index in [1.807, 2.05) is 38.1 Å². The Morgan fingerprint density at radius 1 is 1.26 bits per heavy atom. The maximum atomic E-state index is 12.2. The van der Waals surface area contributed by atoms with Crippen LogP contribution in [-0.4, -0.2) is 5.91 Å². The van der Waals surface area contributed by atoms with Crippen LogP contribution in [0.3, 0.4) is 0 Å². The Morgan fingerprint density at radius 3 is 2.58 bits per heavy atom. The highest BCUT2D eigenvalue weighted by atomic mass is 79.9. The van der Waals surface area contributed by atoms with E-state index in [1.54, 1.807) is 6.07 Å². The van der Waals surface area contributed by atoms with Crippen LogP contribution in [0.2, 0.25) is 0 Å². The largest absolute Gasteiger partial charge is 0.464 e. The van der Waals surface area contributed by atoms with Crippen molar-refractivity contribution in [1.29, 1.82) is 0 Å². The molecular weight excluding hydrogens is 374 g/mol. The fourth-order valence-electron chi connectivity index (χ4n) is 1.71. The molecule has 0 saturated carbocycles. The Kier molecular flexibility index (Phi) is 4.47. The van der Waals surface area contributed by atoms with Gasteiger partial charge < -0.3 is 9.73 Å². The van der Waals surface area contributed by atoms with Gasteiger partial charge in [0.25, 0.3) is 5.91 Å². The highest BCUT2D eigenvalue weighted by Gasteiger charge is 2.16. The first-order valence-corrected chi connectivity index (χ1v) is 7.38. The summed E-state index contributed by atoms with van der Waals surface area (Å²) in [5, 5.41) is 2.91. The summed E-state index contributed by atoms with van der Waals surface area (Å²) in [6.45, 7) is 3.77. The fourth-order valence-corrected chi connectivity index (χ4v) is 2.93. The third-order valence-electron chi connectivity index (χ3n) is 2.71. The summed E-state index contributed by atoms with van der Waals surface area (Å²) in [7, 11) is 0. The minimum atomic E-state index is -0.170. The maximum absolute atomic E-state index is 12.2. The molecule has 0 aliphatic heterocycles. The average molecular weight is 387 g/mol.